The predicted molar refractivity (Wildman–Crippen MR) is 188 cm³/mol. The van der Waals surface area contributed by atoms with E-state index < -0.39 is 28.5 Å². The minimum Gasteiger partial charge on any atom is -0.497 e. The Balaban J connectivity index is 1.83. The van der Waals surface area contributed by atoms with Crippen LogP contribution in [0.15, 0.2) is 102 Å². The molecule has 1 atom stereocenters. The highest BCUT2D eigenvalue weighted by molar-refractivity contribution is 7.92. The van der Waals surface area contributed by atoms with Crippen molar-refractivity contribution in [1.82, 2.24) is 10.2 Å². The molecule has 1 N–H and O–H groups in total. The average molecular weight is 697 g/mol. The lowest BCUT2D eigenvalue weighted by Gasteiger charge is -2.34. The van der Waals surface area contributed by atoms with Crippen molar-refractivity contribution < 1.29 is 22.7 Å². The quantitative estimate of drug-likeness (QED) is 0.134. The third-order valence-electron chi connectivity index (χ3n) is 7.65. The first-order valence-corrected chi connectivity index (χ1v) is 17.5. The number of hydrogen-bond donors (Lipinski definition) is 1. The number of benzene rings is 4. The second-order valence-electron chi connectivity index (χ2n) is 11.1. The fraction of sp³-hybridized carbons (Fsp3) is 0.278. The van der Waals surface area contributed by atoms with Crippen LogP contribution in [0.3, 0.4) is 0 Å². The minimum atomic E-state index is -4.32. The van der Waals surface area contributed by atoms with E-state index in [1.165, 1.54) is 35.2 Å². The Labute approximate surface area is 287 Å². The number of anilines is 1. The largest absolute Gasteiger partial charge is 0.497 e. The number of ether oxygens (including phenoxy) is 1. The Morgan fingerprint density at radius 1 is 0.894 bits per heavy atom. The van der Waals surface area contributed by atoms with Crippen LogP contribution in [0.4, 0.5) is 5.69 Å². The summed E-state index contributed by atoms with van der Waals surface area (Å²) in [5.74, 6) is -0.366. The number of nitrogens with one attached hydrogen (secondary N) is 1. The lowest BCUT2D eigenvalue weighted by molar-refractivity contribution is -0.140. The van der Waals surface area contributed by atoms with Gasteiger partial charge in [-0.3, -0.25) is 13.9 Å². The number of aryl methyl sites for hydroxylation is 1. The Kier molecular flexibility index (Phi) is 12.7. The number of amides is 2. The zero-order chi connectivity index (χ0) is 34.0. The van der Waals surface area contributed by atoms with Crippen molar-refractivity contribution in [2.24, 2.45) is 0 Å². The summed E-state index contributed by atoms with van der Waals surface area (Å²) in [4.78, 5) is 29.9. The van der Waals surface area contributed by atoms with Crippen molar-refractivity contribution in [1.29, 1.82) is 0 Å². The van der Waals surface area contributed by atoms with Crippen molar-refractivity contribution in [2.75, 3.05) is 24.5 Å². The maximum atomic E-state index is 14.6. The molecule has 0 heterocycles. The summed E-state index contributed by atoms with van der Waals surface area (Å²) in [5.41, 5.74) is 2.45. The van der Waals surface area contributed by atoms with Crippen molar-refractivity contribution in [3.63, 3.8) is 0 Å². The van der Waals surface area contributed by atoms with Crippen LogP contribution in [0.25, 0.3) is 0 Å². The maximum Gasteiger partial charge on any atom is 0.264 e. The van der Waals surface area contributed by atoms with E-state index in [0.29, 0.717) is 17.9 Å². The standard InChI is InChI=1S/C36H39Cl2N3O5S/c1-4-5-20-39-36(43)34(22-27-10-7-6-8-11-27)40(24-28-12-9-13-30(21-28)46-3)35(42)25-41(33-23-29(37)16-19-32(33)38)47(44,45)31-17-14-26(2)15-18-31/h6-19,21,23,34H,4-5,20,22,24-25H2,1-3H3,(H,39,43). The highest BCUT2D eigenvalue weighted by Crippen LogP contribution is 2.33. The van der Waals surface area contributed by atoms with E-state index in [2.05, 4.69) is 5.32 Å². The summed E-state index contributed by atoms with van der Waals surface area (Å²) in [5, 5.41) is 3.32. The van der Waals surface area contributed by atoms with Gasteiger partial charge in [-0.2, -0.15) is 0 Å². The van der Waals surface area contributed by atoms with Gasteiger partial charge in [0.15, 0.2) is 0 Å². The molecule has 11 heteroatoms. The number of rotatable bonds is 15. The van der Waals surface area contributed by atoms with E-state index in [1.54, 1.807) is 37.4 Å². The van der Waals surface area contributed by atoms with Gasteiger partial charge in [-0.05, 0) is 66.9 Å². The Hall–Kier alpha value is -4.05. The van der Waals surface area contributed by atoms with E-state index >= 15 is 0 Å². The highest BCUT2D eigenvalue weighted by atomic mass is 35.5. The monoisotopic (exact) mass is 695 g/mol. The fourth-order valence-corrected chi connectivity index (χ4v) is 6.92. The van der Waals surface area contributed by atoms with Gasteiger partial charge in [0, 0.05) is 24.5 Å². The van der Waals surface area contributed by atoms with Gasteiger partial charge in [0.05, 0.1) is 22.7 Å². The zero-order valence-corrected chi connectivity index (χ0v) is 29.0. The molecule has 0 bridgehead atoms. The molecule has 0 fully saturated rings. The normalized spacial score (nSPS) is 11.9. The van der Waals surface area contributed by atoms with Crippen molar-refractivity contribution in [3.05, 3.63) is 124 Å². The molecule has 0 saturated carbocycles. The van der Waals surface area contributed by atoms with Gasteiger partial charge in [0.1, 0.15) is 18.3 Å². The number of carbonyl (C=O) groups excluding carboxylic acids is 2. The lowest BCUT2D eigenvalue weighted by atomic mass is 10.0. The first-order chi connectivity index (χ1) is 22.5. The van der Waals surface area contributed by atoms with Crippen LogP contribution in [0.1, 0.15) is 36.5 Å². The van der Waals surface area contributed by atoms with Crippen LogP contribution in [-0.4, -0.2) is 51.4 Å². The van der Waals surface area contributed by atoms with Gasteiger partial charge < -0.3 is 15.0 Å². The first-order valence-electron chi connectivity index (χ1n) is 15.3. The summed E-state index contributed by atoms with van der Waals surface area (Å²) in [6.07, 6.45) is 1.85. The van der Waals surface area contributed by atoms with Gasteiger partial charge in [-0.15, -0.1) is 0 Å². The topological polar surface area (TPSA) is 96.0 Å². The molecule has 47 heavy (non-hydrogen) atoms. The molecular weight excluding hydrogens is 657 g/mol. The van der Waals surface area contributed by atoms with E-state index in [-0.39, 0.29) is 39.5 Å². The molecular formula is C36H39Cl2N3O5S. The SMILES string of the molecule is CCCCNC(=O)C(Cc1ccccc1)N(Cc1cccc(OC)c1)C(=O)CN(c1cc(Cl)ccc1Cl)S(=O)(=O)c1ccc(C)cc1. The van der Waals surface area contributed by atoms with Crippen molar-refractivity contribution >= 4 is 50.7 Å². The smallest absolute Gasteiger partial charge is 0.264 e. The molecule has 4 aromatic carbocycles. The number of carbonyl (C=O) groups is 2. The van der Waals surface area contributed by atoms with Crippen molar-refractivity contribution in [2.45, 2.75) is 50.6 Å². The molecule has 0 aliphatic heterocycles. The average Bonchev–Trinajstić information content (AvgIpc) is 3.07. The van der Waals surface area contributed by atoms with Gasteiger partial charge in [0.25, 0.3) is 10.0 Å². The number of hydrogen-bond acceptors (Lipinski definition) is 5. The van der Waals surface area contributed by atoms with E-state index in [1.807, 2.05) is 50.2 Å². The van der Waals surface area contributed by atoms with E-state index in [0.717, 1.165) is 28.3 Å². The summed E-state index contributed by atoms with van der Waals surface area (Å²) in [7, 11) is -2.78. The van der Waals surface area contributed by atoms with Crippen LogP contribution in [0, 0.1) is 6.92 Å². The number of halogens is 2. The summed E-state index contributed by atoms with van der Waals surface area (Å²) in [6, 6.07) is 26.4. The lowest BCUT2D eigenvalue weighted by Crippen LogP contribution is -2.53. The first kappa shape index (κ1) is 35.8. The fourth-order valence-electron chi connectivity index (χ4n) is 5.06. The molecule has 0 saturated heterocycles. The Morgan fingerprint density at radius 3 is 2.28 bits per heavy atom. The minimum absolute atomic E-state index is 0.0103. The van der Waals surface area contributed by atoms with E-state index in [4.69, 9.17) is 27.9 Å². The third-order valence-corrected chi connectivity index (χ3v) is 9.98. The summed E-state index contributed by atoms with van der Waals surface area (Å²) in [6.45, 7) is 3.68. The van der Waals surface area contributed by atoms with Crippen LogP contribution in [0.5, 0.6) is 5.75 Å². The molecule has 0 radical (unpaired) electrons. The molecule has 0 aliphatic carbocycles. The Morgan fingerprint density at radius 2 is 1.60 bits per heavy atom. The molecule has 0 aliphatic rings. The number of sulfonamides is 1. The number of nitrogens with zero attached hydrogens (tertiary/aromatic N) is 2. The Bertz CT molecular complexity index is 1770. The van der Waals surface area contributed by atoms with Crippen LogP contribution in [-0.2, 0) is 32.6 Å². The molecule has 4 rings (SSSR count). The van der Waals surface area contributed by atoms with Gasteiger partial charge in [-0.1, -0.05) is 96.7 Å². The number of methoxy groups -OCH3 is 1. The summed E-state index contributed by atoms with van der Waals surface area (Å²) >= 11 is 12.9. The molecule has 0 spiro atoms. The van der Waals surface area contributed by atoms with Gasteiger partial charge >= 0.3 is 0 Å². The van der Waals surface area contributed by atoms with Crippen LogP contribution in [0.2, 0.25) is 10.0 Å². The third kappa shape index (κ3) is 9.50. The second kappa shape index (κ2) is 16.7. The summed E-state index contributed by atoms with van der Waals surface area (Å²) < 4.78 is 34.8. The van der Waals surface area contributed by atoms with Gasteiger partial charge in [0.2, 0.25) is 11.8 Å². The number of unbranched alkanes of at least 4 members (excludes halogenated alkanes) is 1. The molecule has 248 valence electrons. The molecule has 4 aromatic rings. The zero-order valence-electron chi connectivity index (χ0n) is 26.7. The highest BCUT2D eigenvalue weighted by Gasteiger charge is 2.35. The predicted octanol–water partition coefficient (Wildman–Crippen LogP) is 7.06. The molecule has 8 nitrogen and oxygen atoms in total. The molecule has 1 unspecified atom stereocenters. The van der Waals surface area contributed by atoms with E-state index in [9.17, 15) is 18.0 Å². The second-order valence-corrected chi connectivity index (χ2v) is 13.8. The van der Waals surface area contributed by atoms with Crippen molar-refractivity contribution in [3.8, 4) is 5.75 Å². The maximum absolute atomic E-state index is 14.6. The van der Waals surface area contributed by atoms with Crippen LogP contribution >= 0.6 is 23.2 Å². The molecule has 0 aromatic heterocycles. The van der Waals surface area contributed by atoms with Gasteiger partial charge in [-0.25, -0.2) is 8.42 Å². The van der Waals surface area contributed by atoms with Crippen LogP contribution < -0.4 is 14.4 Å². The molecule has 2 amide bonds.